The summed E-state index contributed by atoms with van der Waals surface area (Å²) >= 11 is 12.7. The topological polar surface area (TPSA) is 87.2 Å². The van der Waals surface area contributed by atoms with E-state index in [1.54, 1.807) is 9.80 Å². The molecule has 4 aliphatic rings. The zero-order valence-corrected chi connectivity index (χ0v) is 20.7. The number of piperidine rings is 1. The summed E-state index contributed by atoms with van der Waals surface area (Å²) in [5.41, 5.74) is -0.275. The number of fused-ring (bicyclic) bond motifs is 3. The van der Waals surface area contributed by atoms with E-state index in [4.69, 9.17) is 32.7 Å². The van der Waals surface area contributed by atoms with Crippen LogP contribution in [-0.2, 0) is 4.74 Å². The van der Waals surface area contributed by atoms with E-state index in [9.17, 15) is 9.59 Å². The molecule has 3 fully saturated rings. The van der Waals surface area contributed by atoms with Crippen LogP contribution >= 0.6 is 23.2 Å². The van der Waals surface area contributed by atoms with E-state index in [1.807, 2.05) is 20.8 Å². The quantitative estimate of drug-likeness (QED) is 0.628. The summed E-state index contributed by atoms with van der Waals surface area (Å²) < 4.78 is 11.5. The van der Waals surface area contributed by atoms with Crippen LogP contribution in [0.2, 0.25) is 10.2 Å². The van der Waals surface area contributed by atoms with Gasteiger partial charge in [0.2, 0.25) is 0 Å². The molecule has 4 atom stereocenters. The number of piperazine rings is 1. The molecule has 1 aliphatic carbocycles. The second-order valence-electron chi connectivity index (χ2n) is 10.4. The highest BCUT2D eigenvalue weighted by molar-refractivity contribution is 6.42. The van der Waals surface area contributed by atoms with E-state index in [2.05, 4.69) is 22.2 Å². The van der Waals surface area contributed by atoms with Crippen molar-refractivity contribution < 1.29 is 19.1 Å². The number of carbonyl (C=O) groups excluding carboxylic acids is 2. The average molecular weight is 498 g/mol. The molecule has 4 heterocycles. The Morgan fingerprint density at radius 3 is 2.55 bits per heavy atom. The van der Waals surface area contributed by atoms with Crippen LogP contribution in [0.1, 0.15) is 31.1 Å². The van der Waals surface area contributed by atoms with Crippen LogP contribution in [0.3, 0.4) is 0 Å². The predicted molar refractivity (Wildman–Crippen MR) is 124 cm³/mol. The number of ether oxygens (including phenoxy) is 2. The molecule has 1 N–H and O–H groups in total. The molecule has 1 aromatic rings. The van der Waals surface area contributed by atoms with Crippen molar-refractivity contribution in [2.24, 2.45) is 11.8 Å². The minimum Gasteiger partial charge on any atom is -0.489 e. The van der Waals surface area contributed by atoms with Crippen molar-refractivity contribution in [3.05, 3.63) is 15.7 Å². The van der Waals surface area contributed by atoms with E-state index < -0.39 is 11.7 Å². The maximum absolute atomic E-state index is 13.7. The first-order valence-electron chi connectivity index (χ1n) is 11.3. The summed E-state index contributed by atoms with van der Waals surface area (Å²) in [5, 5.41) is 3.68. The standard InChI is InChI=1S/C22H29Cl2N5O4/c1-22(2,3)33-21(31)28-5-6-29-11(7-28)10-32-17-14(20(29)30)19(26-18(24)15(17)23)25-16-12-8-27(4)9-13(12)16/h11-13,16H,5-10H2,1-4H3,(H,25,26)/t11?,12-,13+,16?. The highest BCUT2D eigenvalue weighted by atomic mass is 35.5. The molecule has 11 heteroatoms. The number of hydrogen-bond donors (Lipinski definition) is 1. The zero-order valence-electron chi connectivity index (χ0n) is 19.2. The van der Waals surface area contributed by atoms with Gasteiger partial charge in [0.1, 0.15) is 28.6 Å². The number of nitrogens with one attached hydrogen (secondary N) is 1. The van der Waals surface area contributed by atoms with Crippen LogP contribution in [0, 0.1) is 11.8 Å². The lowest BCUT2D eigenvalue weighted by molar-refractivity contribution is 0.000958. The van der Waals surface area contributed by atoms with Crippen LogP contribution in [0.5, 0.6) is 5.75 Å². The second kappa shape index (κ2) is 8.06. The highest BCUT2D eigenvalue weighted by Crippen LogP contribution is 2.48. The summed E-state index contributed by atoms with van der Waals surface area (Å²) in [6, 6.07) is -0.0753. The van der Waals surface area contributed by atoms with Crippen molar-refractivity contribution in [1.29, 1.82) is 0 Å². The van der Waals surface area contributed by atoms with E-state index in [0.717, 1.165) is 13.1 Å². The highest BCUT2D eigenvalue weighted by Gasteiger charge is 2.55. The van der Waals surface area contributed by atoms with Crippen LogP contribution in [0.25, 0.3) is 0 Å². The minimum atomic E-state index is -0.591. The molecule has 180 valence electrons. The van der Waals surface area contributed by atoms with E-state index in [0.29, 0.717) is 42.9 Å². The molecule has 33 heavy (non-hydrogen) atoms. The fourth-order valence-electron chi connectivity index (χ4n) is 5.14. The molecule has 9 nitrogen and oxygen atoms in total. The average Bonchev–Trinajstić information content (AvgIpc) is 3.22. The number of halogens is 2. The number of amides is 2. The van der Waals surface area contributed by atoms with Gasteiger partial charge in [0.05, 0.1) is 6.04 Å². The van der Waals surface area contributed by atoms with Gasteiger partial charge < -0.3 is 29.5 Å². The Kier molecular flexibility index (Phi) is 5.57. The van der Waals surface area contributed by atoms with Gasteiger partial charge in [0.25, 0.3) is 5.91 Å². The maximum atomic E-state index is 13.7. The first-order valence-corrected chi connectivity index (χ1v) is 12.0. The van der Waals surface area contributed by atoms with Crippen molar-refractivity contribution in [1.82, 2.24) is 19.7 Å². The molecule has 0 spiro atoms. The van der Waals surface area contributed by atoms with Crippen LogP contribution < -0.4 is 10.1 Å². The van der Waals surface area contributed by atoms with Gasteiger partial charge in [-0.25, -0.2) is 9.78 Å². The van der Waals surface area contributed by atoms with Gasteiger partial charge in [-0.1, -0.05) is 23.2 Å². The SMILES string of the molecule is CN1C[C@@H]2C(Nc3nc(Cl)c(Cl)c4c3C(=O)N3CCN(C(=O)OC(C)(C)C)CC3CO4)[C@@H]2C1. The van der Waals surface area contributed by atoms with Gasteiger partial charge in [0.15, 0.2) is 10.9 Å². The minimum absolute atomic E-state index is 0.101. The van der Waals surface area contributed by atoms with Crippen molar-refractivity contribution in [3.63, 3.8) is 0 Å². The van der Waals surface area contributed by atoms with Crippen molar-refractivity contribution in [2.75, 3.05) is 51.7 Å². The Balaban J connectivity index is 1.38. The molecular formula is C22H29Cl2N5O4. The Morgan fingerprint density at radius 1 is 1.18 bits per heavy atom. The van der Waals surface area contributed by atoms with Crippen molar-refractivity contribution in [3.8, 4) is 5.75 Å². The molecule has 3 aliphatic heterocycles. The van der Waals surface area contributed by atoms with Gasteiger partial charge in [-0.2, -0.15) is 0 Å². The third kappa shape index (κ3) is 4.19. The van der Waals surface area contributed by atoms with Crippen LogP contribution in [0.4, 0.5) is 10.6 Å². The van der Waals surface area contributed by atoms with Crippen LogP contribution in [-0.4, -0.2) is 95.7 Å². The maximum Gasteiger partial charge on any atom is 0.410 e. The fraction of sp³-hybridized carbons (Fsp3) is 0.682. The predicted octanol–water partition coefficient (Wildman–Crippen LogP) is 2.81. The summed E-state index contributed by atoms with van der Waals surface area (Å²) in [6.07, 6.45) is -0.397. The number of hydrogen-bond acceptors (Lipinski definition) is 7. The fourth-order valence-corrected chi connectivity index (χ4v) is 5.50. The lowest BCUT2D eigenvalue weighted by Crippen LogP contribution is -2.58. The Morgan fingerprint density at radius 2 is 1.88 bits per heavy atom. The smallest absolute Gasteiger partial charge is 0.410 e. The summed E-state index contributed by atoms with van der Waals surface area (Å²) in [7, 11) is 2.11. The molecule has 1 aromatic heterocycles. The van der Waals surface area contributed by atoms with Crippen molar-refractivity contribution in [2.45, 2.75) is 38.5 Å². The normalized spacial score (nSPS) is 29.0. The number of anilines is 1. The number of rotatable bonds is 2. The van der Waals surface area contributed by atoms with Crippen LogP contribution in [0.15, 0.2) is 0 Å². The van der Waals surface area contributed by atoms with Gasteiger partial charge >= 0.3 is 6.09 Å². The molecule has 2 amide bonds. The molecule has 0 bridgehead atoms. The molecule has 0 radical (unpaired) electrons. The molecule has 5 rings (SSSR count). The summed E-state index contributed by atoms with van der Waals surface area (Å²) in [5.74, 6) is 1.53. The molecular weight excluding hydrogens is 469 g/mol. The van der Waals surface area contributed by atoms with E-state index in [-0.39, 0.29) is 40.5 Å². The number of nitrogens with zero attached hydrogens (tertiary/aromatic N) is 4. The third-order valence-corrected chi connectivity index (χ3v) is 7.48. The largest absolute Gasteiger partial charge is 0.489 e. The summed E-state index contributed by atoms with van der Waals surface area (Å²) in [6.45, 7) is 8.77. The van der Waals surface area contributed by atoms with Gasteiger partial charge in [-0.3, -0.25) is 4.79 Å². The molecule has 2 unspecified atom stereocenters. The second-order valence-corrected chi connectivity index (χ2v) is 11.1. The lowest BCUT2D eigenvalue weighted by atomic mass is 10.1. The molecule has 2 saturated heterocycles. The van der Waals surface area contributed by atoms with Gasteiger partial charge in [-0.15, -0.1) is 0 Å². The number of aromatic nitrogens is 1. The van der Waals surface area contributed by atoms with Gasteiger partial charge in [-0.05, 0) is 39.7 Å². The third-order valence-electron chi connectivity index (χ3n) is 6.76. The first kappa shape index (κ1) is 22.8. The van der Waals surface area contributed by atoms with Gasteiger partial charge in [0, 0.05) is 38.8 Å². The number of carbonyl (C=O) groups is 2. The van der Waals surface area contributed by atoms with E-state index in [1.165, 1.54) is 0 Å². The Bertz CT molecular complexity index is 988. The summed E-state index contributed by atoms with van der Waals surface area (Å²) in [4.78, 5) is 36.3. The number of likely N-dealkylation sites (tertiary alicyclic amines) is 1. The van der Waals surface area contributed by atoms with Crippen molar-refractivity contribution >= 4 is 41.0 Å². The zero-order chi connectivity index (χ0) is 23.7. The Labute approximate surface area is 203 Å². The molecule has 1 saturated carbocycles. The monoisotopic (exact) mass is 497 g/mol. The lowest BCUT2D eigenvalue weighted by Gasteiger charge is -2.40. The van der Waals surface area contributed by atoms with E-state index >= 15 is 0 Å². The Hall–Kier alpha value is -1.97. The first-order chi connectivity index (χ1) is 15.5. The number of pyridine rings is 1. The molecule has 0 aromatic carbocycles.